The molecule has 1 amide bonds. The minimum absolute atomic E-state index is 0.154. The quantitative estimate of drug-likeness (QED) is 0.892. The Kier molecular flexibility index (Phi) is 3.62. The zero-order valence-corrected chi connectivity index (χ0v) is 12.1. The van der Waals surface area contributed by atoms with E-state index in [0.717, 1.165) is 30.6 Å². The van der Waals surface area contributed by atoms with E-state index in [4.69, 9.17) is 0 Å². The molecule has 0 saturated heterocycles. The summed E-state index contributed by atoms with van der Waals surface area (Å²) in [5.41, 5.74) is 0.110. The zero-order chi connectivity index (χ0) is 14.2. The lowest BCUT2D eigenvalue weighted by Crippen LogP contribution is -2.27. The highest BCUT2D eigenvalue weighted by Gasteiger charge is 2.30. The molecule has 0 spiro atoms. The first kappa shape index (κ1) is 14.0. The van der Waals surface area contributed by atoms with Crippen molar-refractivity contribution in [2.24, 2.45) is 5.41 Å². The van der Waals surface area contributed by atoms with Gasteiger partial charge in [-0.25, -0.2) is 9.78 Å². The largest absolute Gasteiger partial charge is 0.477 e. The van der Waals surface area contributed by atoms with Crippen LogP contribution in [-0.4, -0.2) is 22.0 Å². The van der Waals surface area contributed by atoms with E-state index in [2.05, 4.69) is 10.3 Å². The molecule has 1 aromatic rings. The smallest absolute Gasteiger partial charge is 0.347 e. The van der Waals surface area contributed by atoms with Crippen molar-refractivity contribution < 1.29 is 14.7 Å². The Hall–Kier alpha value is -1.43. The fraction of sp³-hybridized carbons (Fsp3) is 0.615. The minimum atomic E-state index is -0.962. The van der Waals surface area contributed by atoms with Crippen LogP contribution in [-0.2, 0) is 4.79 Å². The van der Waals surface area contributed by atoms with Gasteiger partial charge in [-0.2, -0.15) is 0 Å². The number of carbonyl (C=O) groups excluding carboxylic acids is 1. The van der Waals surface area contributed by atoms with Crippen molar-refractivity contribution in [3.63, 3.8) is 0 Å². The molecule has 0 radical (unpaired) electrons. The number of carbonyl (C=O) groups is 2. The second kappa shape index (κ2) is 4.92. The number of nitrogens with zero attached hydrogens (tertiary/aromatic N) is 1. The van der Waals surface area contributed by atoms with Crippen LogP contribution in [0.25, 0.3) is 0 Å². The van der Waals surface area contributed by atoms with E-state index < -0.39 is 11.4 Å². The third kappa shape index (κ3) is 2.94. The average molecular weight is 282 g/mol. The molecule has 1 aliphatic rings. The molecule has 5 nitrogen and oxygen atoms in total. The second-order valence-corrected chi connectivity index (χ2v) is 6.87. The molecule has 19 heavy (non-hydrogen) atoms. The Bertz CT molecular complexity index is 512. The molecule has 1 aromatic heterocycles. The van der Waals surface area contributed by atoms with Crippen molar-refractivity contribution in [3.05, 3.63) is 10.6 Å². The summed E-state index contributed by atoms with van der Waals surface area (Å²) in [6, 6.07) is 0. The van der Waals surface area contributed by atoms with Gasteiger partial charge in [-0.05, 0) is 12.8 Å². The summed E-state index contributed by atoms with van der Waals surface area (Å²) < 4.78 is 0. The predicted octanol–water partition coefficient (Wildman–Crippen LogP) is 3.09. The highest BCUT2D eigenvalue weighted by molar-refractivity contribution is 7.17. The van der Waals surface area contributed by atoms with Gasteiger partial charge in [-0.15, -0.1) is 0 Å². The molecule has 1 aliphatic carbocycles. The van der Waals surface area contributed by atoms with Crippen molar-refractivity contribution in [2.45, 2.75) is 46.0 Å². The minimum Gasteiger partial charge on any atom is -0.477 e. The predicted molar refractivity (Wildman–Crippen MR) is 73.8 cm³/mol. The third-order valence-electron chi connectivity index (χ3n) is 3.24. The van der Waals surface area contributed by atoms with Crippen LogP contribution in [0.15, 0.2) is 0 Å². The molecule has 0 aromatic carbocycles. The van der Waals surface area contributed by atoms with E-state index in [9.17, 15) is 14.7 Å². The van der Waals surface area contributed by atoms with Crippen LogP contribution >= 0.6 is 11.3 Å². The van der Waals surface area contributed by atoms with E-state index >= 15 is 0 Å². The van der Waals surface area contributed by atoms with Crippen LogP contribution in [0.4, 0.5) is 5.13 Å². The molecule has 2 N–H and O–H groups in total. The number of hydrogen-bond acceptors (Lipinski definition) is 4. The van der Waals surface area contributed by atoms with Crippen molar-refractivity contribution in [2.75, 3.05) is 5.32 Å². The number of carboxylic acids is 1. The Morgan fingerprint density at radius 2 is 2.00 bits per heavy atom. The van der Waals surface area contributed by atoms with Gasteiger partial charge < -0.3 is 10.4 Å². The third-order valence-corrected chi connectivity index (χ3v) is 4.22. The van der Waals surface area contributed by atoms with Crippen LogP contribution in [0.3, 0.4) is 0 Å². The SMILES string of the molecule is CC(C)(C)C(=O)Nc1nc(C2CCC2)c(C(=O)O)s1. The molecule has 1 fully saturated rings. The van der Waals surface area contributed by atoms with Gasteiger partial charge >= 0.3 is 5.97 Å². The van der Waals surface area contributed by atoms with Crippen LogP contribution < -0.4 is 5.32 Å². The van der Waals surface area contributed by atoms with E-state index in [0.29, 0.717) is 10.8 Å². The van der Waals surface area contributed by atoms with Gasteiger partial charge in [0.15, 0.2) is 5.13 Å². The van der Waals surface area contributed by atoms with Crippen molar-refractivity contribution >= 4 is 28.3 Å². The molecule has 0 atom stereocenters. The summed E-state index contributed by atoms with van der Waals surface area (Å²) in [6.45, 7) is 5.42. The van der Waals surface area contributed by atoms with Gasteiger partial charge in [0, 0.05) is 11.3 Å². The maximum atomic E-state index is 11.9. The van der Waals surface area contributed by atoms with Crippen LogP contribution in [0.2, 0.25) is 0 Å². The Morgan fingerprint density at radius 1 is 1.37 bits per heavy atom. The number of amides is 1. The molecule has 104 valence electrons. The van der Waals surface area contributed by atoms with Gasteiger partial charge in [0.1, 0.15) is 4.88 Å². The topological polar surface area (TPSA) is 79.3 Å². The molecule has 1 heterocycles. The monoisotopic (exact) mass is 282 g/mol. The summed E-state index contributed by atoms with van der Waals surface area (Å²) in [4.78, 5) is 27.7. The number of thiazole rings is 1. The Balaban J connectivity index is 2.23. The maximum Gasteiger partial charge on any atom is 0.347 e. The fourth-order valence-corrected chi connectivity index (χ4v) is 2.67. The first-order valence-electron chi connectivity index (χ1n) is 6.34. The lowest BCUT2D eigenvalue weighted by atomic mass is 9.82. The van der Waals surface area contributed by atoms with E-state index in [1.165, 1.54) is 0 Å². The number of rotatable bonds is 3. The van der Waals surface area contributed by atoms with Gasteiger partial charge in [-0.1, -0.05) is 38.5 Å². The first-order chi connectivity index (χ1) is 8.79. The highest BCUT2D eigenvalue weighted by Crippen LogP contribution is 2.40. The number of anilines is 1. The fourth-order valence-electron chi connectivity index (χ4n) is 1.78. The summed E-state index contributed by atoms with van der Waals surface area (Å²) in [5, 5.41) is 12.3. The second-order valence-electron chi connectivity index (χ2n) is 5.87. The average Bonchev–Trinajstić information content (AvgIpc) is 2.57. The molecule has 0 bridgehead atoms. The standard InChI is InChI=1S/C13H18N2O3S/c1-13(2,3)11(18)15-12-14-8(7-5-4-6-7)9(19-12)10(16)17/h7H,4-6H2,1-3H3,(H,16,17)(H,14,15,18). The first-order valence-corrected chi connectivity index (χ1v) is 7.16. The zero-order valence-electron chi connectivity index (χ0n) is 11.3. The Labute approximate surface area is 116 Å². The molecule has 6 heteroatoms. The molecule has 0 aliphatic heterocycles. The summed E-state index contributed by atoms with van der Waals surface area (Å²) in [7, 11) is 0. The number of hydrogen-bond donors (Lipinski definition) is 2. The molecular formula is C13H18N2O3S. The van der Waals surface area contributed by atoms with Crippen molar-refractivity contribution in [3.8, 4) is 0 Å². The van der Waals surface area contributed by atoms with Gasteiger partial charge in [0.2, 0.25) is 5.91 Å². The van der Waals surface area contributed by atoms with Crippen LogP contribution in [0.5, 0.6) is 0 Å². The van der Waals surface area contributed by atoms with Crippen molar-refractivity contribution in [1.29, 1.82) is 0 Å². The Morgan fingerprint density at radius 3 is 2.42 bits per heavy atom. The molecule has 2 rings (SSSR count). The van der Waals surface area contributed by atoms with Gasteiger partial charge in [0.25, 0.3) is 0 Å². The number of carboxylic acid groups (broad SMARTS) is 1. The lowest BCUT2D eigenvalue weighted by molar-refractivity contribution is -0.123. The lowest BCUT2D eigenvalue weighted by Gasteiger charge is -2.23. The molecular weight excluding hydrogens is 264 g/mol. The molecule has 0 unspecified atom stereocenters. The van der Waals surface area contributed by atoms with Gasteiger partial charge in [0.05, 0.1) is 5.69 Å². The summed E-state index contributed by atoms with van der Waals surface area (Å²) >= 11 is 1.05. The highest BCUT2D eigenvalue weighted by atomic mass is 32.1. The maximum absolute atomic E-state index is 11.9. The normalized spacial score (nSPS) is 15.9. The molecule has 1 saturated carbocycles. The van der Waals surface area contributed by atoms with E-state index in [1.807, 2.05) is 0 Å². The van der Waals surface area contributed by atoms with Crippen molar-refractivity contribution in [1.82, 2.24) is 4.98 Å². The van der Waals surface area contributed by atoms with Gasteiger partial charge in [-0.3, -0.25) is 4.79 Å². The summed E-state index contributed by atoms with van der Waals surface area (Å²) in [6.07, 6.45) is 3.08. The number of aromatic carboxylic acids is 1. The van der Waals surface area contributed by atoms with E-state index in [1.54, 1.807) is 20.8 Å². The number of aromatic nitrogens is 1. The van der Waals surface area contributed by atoms with E-state index in [-0.39, 0.29) is 16.7 Å². The van der Waals surface area contributed by atoms with Crippen LogP contribution in [0.1, 0.15) is 61.3 Å². The summed E-state index contributed by atoms with van der Waals surface area (Å²) in [5.74, 6) is -0.878. The number of nitrogens with one attached hydrogen (secondary N) is 1. The van der Waals surface area contributed by atoms with Crippen LogP contribution in [0, 0.1) is 5.41 Å².